The number of halogens is 2. The number of carbonyl (C=O) groups is 5. The standard InChI is InChI=1S/C37H46ClFN4O6/c1-37(2,25-11-7-12-26(38)21-25)32(23-10-6-13-27(39)19-23)49-36(48)43-30(18-22-8-4-3-5-9-22)34(46)42-29(20-24-16-17-40-33(24)45)31(44)35(47)41-28-14-15-28/h6-7,10-13,19,21-22,24,28-30,32H,3-5,8-9,14-18,20H2,1-2H3,(H,40,45)(H,41,47)(H,42,46)(H,43,48)/t24-,29-,30-,32-/m0/s1. The van der Waals surface area contributed by atoms with E-state index in [4.69, 9.17) is 16.3 Å². The van der Waals surface area contributed by atoms with Gasteiger partial charge in [0.15, 0.2) is 0 Å². The maximum Gasteiger partial charge on any atom is 0.408 e. The number of ether oxygens (including phenoxy) is 1. The van der Waals surface area contributed by atoms with E-state index in [1.54, 1.807) is 24.3 Å². The second-order valence-electron chi connectivity index (χ2n) is 14.2. The van der Waals surface area contributed by atoms with Gasteiger partial charge in [0.2, 0.25) is 17.6 Å². The molecule has 264 valence electrons. The Morgan fingerprint density at radius 2 is 1.67 bits per heavy atom. The molecule has 10 nitrogen and oxygen atoms in total. The molecule has 0 aromatic heterocycles. The van der Waals surface area contributed by atoms with Crippen LogP contribution in [-0.2, 0) is 29.3 Å². The Hall–Kier alpha value is -3.99. The van der Waals surface area contributed by atoms with Crippen molar-refractivity contribution < 1.29 is 33.1 Å². The second kappa shape index (κ2) is 16.1. The van der Waals surface area contributed by atoms with Crippen molar-refractivity contribution in [3.8, 4) is 0 Å². The molecule has 1 saturated heterocycles. The number of carbonyl (C=O) groups excluding carboxylic acids is 5. The van der Waals surface area contributed by atoms with Crippen LogP contribution in [0.4, 0.5) is 9.18 Å². The van der Waals surface area contributed by atoms with Gasteiger partial charge in [-0.15, -0.1) is 0 Å². The summed E-state index contributed by atoms with van der Waals surface area (Å²) in [5.74, 6) is -3.41. The first-order valence-corrected chi connectivity index (χ1v) is 17.7. The summed E-state index contributed by atoms with van der Waals surface area (Å²) in [6, 6.07) is 10.5. The summed E-state index contributed by atoms with van der Waals surface area (Å²) in [6.07, 6.45) is 5.25. The van der Waals surface area contributed by atoms with Gasteiger partial charge in [-0.05, 0) is 73.4 Å². The van der Waals surface area contributed by atoms with E-state index in [-0.39, 0.29) is 24.3 Å². The van der Waals surface area contributed by atoms with Crippen molar-refractivity contribution in [1.29, 1.82) is 0 Å². The number of alkyl carbamates (subject to hydrolysis) is 1. The molecule has 2 aromatic rings. The zero-order chi connectivity index (χ0) is 35.1. The third-order valence-electron chi connectivity index (χ3n) is 9.96. The summed E-state index contributed by atoms with van der Waals surface area (Å²) in [5.41, 5.74) is 0.279. The summed E-state index contributed by atoms with van der Waals surface area (Å²) >= 11 is 6.31. The normalized spacial score (nSPS) is 20.0. The minimum absolute atomic E-state index is 0.0371. The van der Waals surface area contributed by atoms with Gasteiger partial charge in [-0.2, -0.15) is 0 Å². The summed E-state index contributed by atoms with van der Waals surface area (Å²) < 4.78 is 20.5. The molecule has 3 aliphatic rings. The Labute approximate surface area is 291 Å². The van der Waals surface area contributed by atoms with Crippen molar-refractivity contribution in [3.63, 3.8) is 0 Å². The van der Waals surface area contributed by atoms with Gasteiger partial charge in [-0.1, -0.05) is 81.8 Å². The van der Waals surface area contributed by atoms with Crippen LogP contribution in [0.25, 0.3) is 0 Å². The molecule has 5 rings (SSSR count). The highest BCUT2D eigenvalue weighted by Gasteiger charge is 2.40. The highest BCUT2D eigenvalue weighted by atomic mass is 35.5. The highest BCUT2D eigenvalue weighted by molar-refractivity contribution is 6.38. The van der Waals surface area contributed by atoms with Gasteiger partial charge in [0, 0.05) is 28.9 Å². The minimum Gasteiger partial charge on any atom is -0.440 e. The monoisotopic (exact) mass is 696 g/mol. The van der Waals surface area contributed by atoms with Gasteiger partial charge in [0.05, 0.1) is 6.04 Å². The molecule has 0 bridgehead atoms. The lowest BCUT2D eigenvalue weighted by Gasteiger charge is -2.35. The predicted molar refractivity (Wildman–Crippen MR) is 182 cm³/mol. The van der Waals surface area contributed by atoms with E-state index < -0.39 is 59.0 Å². The lowest BCUT2D eigenvalue weighted by Crippen LogP contribution is -2.55. The van der Waals surface area contributed by atoms with Crippen molar-refractivity contribution in [2.75, 3.05) is 6.54 Å². The molecule has 4 amide bonds. The van der Waals surface area contributed by atoms with Gasteiger partial charge in [0.1, 0.15) is 18.0 Å². The van der Waals surface area contributed by atoms with E-state index in [2.05, 4.69) is 21.3 Å². The number of ketones is 1. The van der Waals surface area contributed by atoms with Crippen LogP contribution in [0.5, 0.6) is 0 Å². The Kier molecular flexibility index (Phi) is 12.0. The smallest absolute Gasteiger partial charge is 0.408 e. The van der Waals surface area contributed by atoms with E-state index in [1.807, 2.05) is 19.9 Å². The molecule has 1 heterocycles. The van der Waals surface area contributed by atoms with Crippen molar-refractivity contribution in [1.82, 2.24) is 21.3 Å². The van der Waals surface area contributed by atoms with E-state index >= 15 is 0 Å². The van der Waals surface area contributed by atoms with Crippen LogP contribution < -0.4 is 21.3 Å². The molecule has 12 heteroatoms. The molecule has 2 aromatic carbocycles. The summed E-state index contributed by atoms with van der Waals surface area (Å²) in [5, 5.41) is 11.4. The van der Waals surface area contributed by atoms with Crippen LogP contribution in [0.1, 0.15) is 95.3 Å². The molecule has 4 N–H and O–H groups in total. The number of hydrogen-bond donors (Lipinski definition) is 4. The Morgan fingerprint density at radius 1 is 0.939 bits per heavy atom. The SMILES string of the molecule is CC(C)(c1cccc(Cl)c1)[C@@H](OC(=O)N[C@@H](CC1CCCCC1)C(=O)N[C@@H](C[C@@H]1CCNC1=O)C(=O)C(=O)NC1CC1)c1cccc(F)c1. The molecular formula is C37H46ClFN4O6. The first-order chi connectivity index (χ1) is 23.4. The second-order valence-corrected chi connectivity index (χ2v) is 14.6. The molecule has 3 fully saturated rings. The van der Waals surface area contributed by atoms with Crippen LogP contribution in [0.15, 0.2) is 48.5 Å². The fraction of sp³-hybridized carbons (Fsp3) is 0.541. The predicted octanol–water partition coefficient (Wildman–Crippen LogP) is 5.42. The van der Waals surface area contributed by atoms with Gasteiger partial charge in [0.25, 0.3) is 5.91 Å². The first kappa shape index (κ1) is 36.3. The zero-order valence-corrected chi connectivity index (χ0v) is 28.8. The van der Waals surface area contributed by atoms with Crippen molar-refractivity contribution in [2.24, 2.45) is 11.8 Å². The average Bonchev–Trinajstić information content (AvgIpc) is 3.80. The van der Waals surface area contributed by atoms with Gasteiger partial charge in [-0.3, -0.25) is 19.2 Å². The minimum atomic E-state index is -1.26. The Balaban J connectivity index is 1.38. The molecule has 4 atom stereocenters. The highest BCUT2D eigenvalue weighted by Crippen LogP contribution is 2.41. The van der Waals surface area contributed by atoms with Crippen LogP contribution in [0.3, 0.4) is 0 Å². The number of hydrogen-bond acceptors (Lipinski definition) is 6. The molecule has 0 spiro atoms. The molecule has 0 unspecified atom stereocenters. The molecule has 0 radical (unpaired) electrons. The number of rotatable bonds is 14. The average molecular weight is 697 g/mol. The van der Waals surface area contributed by atoms with Crippen molar-refractivity contribution in [2.45, 2.75) is 108 Å². The molecule has 2 aliphatic carbocycles. The quantitative estimate of drug-likeness (QED) is 0.194. The van der Waals surface area contributed by atoms with Gasteiger partial charge < -0.3 is 26.0 Å². The topological polar surface area (TPSA) is 143 Å². The van der Waals surface area contributed by atoms with E-state index in [1.165, 1.54) is 18.2 Å². The maximum absolute atomic E-state index is 14.5. The molecule has 1 aliphatic heterocycles. The van der Waals surface area contributed by atoms with Crippen LogP contribution in [0.2, 0.25) is 5.02 Å². The van der Waals surface area contributed by atoms with Gasteiger partial charge in [-0.25, -0.2) is 9.18 Å². The summed E-state index contributed by atoms with van der Waals surface area (Å²) in [4.78, 5) is 66.4. The fourth-order valence-corrected chi connectivity index (χ4v) is 7.10. The lowest BCUT2D eigenvalue weighted by molar-refractivity contribution is -0.141. The maximum atomic E-state index is 14.5. The third kappa shape index (κ3) is 9.80. The first-order valence-electron chi connectivity index (χ1n) is 17.3. The largest absolute Gasteiger partial charge is 0.440 e. The molecule has 2 saturated carbocycles. The zero-order valence-electron chi connectivity index (χ0n) is 28.1. The fourth-order valence-electron chi connectivity index (χ4n) is 6.91. The Bertz CT molecular complexity index is 1540. The summed E-state index contributed by atoms with van der Waals surface area (Å²) in [7, 11) is 0. The van der Waals surface area contributed by atoms with E-state index in [0.29, 0.717) is 30.0 Å². The number of nitrogens with one attached hydrogen (secondary N) is 4. The number of Topliss-reactive ketones (excluding diaryl/α,β-unsaturated/α-hetero) is 1. The van der Waals surface area contributed by atoms with Crippen LogP contribution in [-0.4, -0.2) is 54.3 Å². The van der Waals surface area contributed by atoms with Crippen molar-refractivity contribution >= 4 is 41.2 Å². The molecule has 49 heavy (non-hydrogen) atoms. The van der Waals surface area contributed by atoms with Crippen LogP contribution in [0, 0.1) is 17.7 Å². The lowest BCUT2D eigenvalue weighted by atomic mass is 9.76. The summed E-state index contributed by atoms with van der Waals surface area (Å²) in [6.45, 7) is 4.16. The molecular weight excluding hydrogens is 651 g/mol. The Morgan fingerprint density at radius 3 is 2.33 bits per heavy atom. The number of benzene rings is 2. The van der Waals surface area contributed by atoms with E-state index in [0.717, 1.165) is 50.5 Å². The number of amides is 4. The van der Waals surface area contributed by atoms with Gasteiger partial charge >= 0.3 is 6.09 Å². The van der Waals surface area contributed by atoms with Crippen molar-refractivity contribution in [3.05, 3.63) is 70.5 Å². The van der Waals surface area contributed by atoms with Crippen LogP contribution >= 0.6 is 11.6 Å². The third-order valence-corrected chi connectivity index (χ3v) is 10.2. The van der Waals surface area contributed by atoms with E-state index in [9.17, 15) is 28.4 Å².